The summed E-state index contributed by atoms with van der Waals surface area (Å²) in [4.78, 5) is 10.4. The third-order valence-corrected chi connectivity index (χ3v) is 2.57. The van der Waals surface area contributed by atoms with Crippen LogP contribution in [-0.4, -0.2) is 11.5 Å². The van der Waals surface area contributed by atoms with Crippen LogP contribution in [0.25, 0.3) is 0 Å². The Morgan fingerprint density at radius 3 is 2.94 bits per heavy atom. The van der Waals surface area contributed by atoms with E-state index in [0.29, 0.717) is 6.54 Å². The molecule has 0 aliphatic rings. The largest absolute Gasteiger partial charge is 0.306 e. The predicted octanol–water partition coefficient (Wildman–Crippen LogP) is 3.21. The summed E-state index contributed by atoms with van der Waals surface area (Å²) in [6.07, 6.45) is 3.77. The van der Waals surface area contributed by atoms with Gasteiger partial charge in [-0.25, -0.2) is 0 Å². The number of benzene rings is 1. The van der Waals surface area contributed by atoms with E-state index in [4.69, 9.17) is 0 Å². The van der Waals surface area contributed by atoms with Crippen molar-refractivity contribution >= 4 is 5.69 Å². The third-order valence-electron chi connectivity index (χ3n) is 2.57. The molecule has 0 spiro atoms. The van der Waals surface area contributed by atoms with Gasteiger partial charge in [-0.3, -0.25) is 10.1 Å². The molecular formula is C13H18N2O2. The van der Waals surface area contributed by atoms with E-state index in [-0.39, 0.29) is 16.7 Å². The molecular weight excluding hydrogens is 216 g/mol. The number of non-ortho nitro benzene ring substituents is 1. The predicted molar refractivity (Wildman–Crippen MR) is 68.9 cm³/mol. The summed E-state index contributed by atoms with van der Waals surface area (Å²) < 4.78 is 0. The molecule has 0 aliphatic carbocycles. The van der Waals surface area contributed by atoms with E-state index in [2.05, 4.69) is 18.8 Å². The van der Waals surface area contributed by atoms with Crippen LogP contribution >= 0.6 is 0 Å². The molecule has 0 bridgehead atoms. The molecule has 0 fully saturated rings. The Hall–Kier alpha value is -1.68. The molecule has 92 valence electrons. The van der Waals surface area contributed by atoms with Gasteiger partial charge in [0.15, 0.2) is 0 Å². The fourth-order valence-corrected chi connectivity index (χ4v) is 1.76. The smallest absolute Gasteiger partial charge is 0.269 e. The molecule has 1 unspecified atom stereocenters. The molecule has 1 aromatic rings. The van der Waals surface area contributed by atoms with Crippen LogP contribution in [0.2, 0.25) is 0 Å². The summed E-state index contributed by atoms with van der Waals surface area (Å²) in [7, 11) is 0. The fourth-order valence-electron chi connectivity index (χ4n) is 1.76. The second-order valence-corrected chi connectivity index (χ2v) is 3.89. The molecule has 1 rings (SSSR count). The van der Waals surface area contributed by atoms with Crippen molar-refractivity contribution in [3.63, 3.8) is 0 Å². The number of nitro groups is 1. The van der Waals surface area contributed by atoms with E-state index < -0.39 is 0 Å². The van der Waals surface area contributed by atoms with E-state index in [0.717, 1.165) is 18.4 Å². The molecule has 17 heavy (non-hydrogen) atoms. The van der Waals surface area contributed by atoms with Gasteiger partial charge in [-0.15, -0.1) is 6.58 Å². The Bertz CT molecular complexity index is 391. The first-order valence-electron chi connectivity index (χ1n) is 5.77. The number of nitrogens with zero attached hydrogens (tertiary/aromatic N) is 1. The van der Waals surface area contributed by atoms with Gasteiger partial charge in [0.25, 0.3) is 5.69 Å². The van der Waals surface area contributed by atoms with E-state index in [1.807, 2.05) is 6.07 Å². The molecule has 0 aromatic heterocycles. The zero-order valence-electron chi connectivity index (χ0n) is 10.1. The van der Waals surface area contributed by atoms with Crippen molar-refractivity contribution in [1.29, 1.82) is 0 Å². The second kappa shape index (κ2) is 6.81. The van der Waals surface area contributed by atoms with Gasteiger partial charge in [0.2, 0.25) is 0 Å². The first-order valence-corrected chi connectivity index (χ1v) is 5.77. The summed E-state index contributed by atoms with van der Waals surface area (Å²) in [6.45, 7) is 6.46. The number of nitro benzene ring substituents is 1. The normalized spacial score (nSPS) is 12.1. The number of hydrogen-bond acceptors (Lipinski definition) is 3. The average Bonchev–Trinajstić information content (AvgIpc) is 2.34. The Labute approximate surface area is 101 Å². The van der Waals surface area contributed by atoms with Crippen LogP contribution in [0.5, 0.6) is 0 Å². The number of rotatable bonds is 7. The van der Waals surface area contributed by atoms with Crippen molar-refractivity contribution in [3.8, 4) is 0 Å². The lowest BCUT2D eigenvalue weighted by Gasteiger charge is -2.17. The zero-order valence-corrected chi connectivity index (χ0v) is 10.1. The topological polar surface area (TPSA) is 55.2 Å². The maximum Gasteiger partial charge on any atom is 0.269 e. The van der Waals surface area contributed by atoms with E-state index >= 15 is 0 Å². The van der Waals surface area contributed by atoms with Gasteiger partial charge in [0.1, 0.15) is 0 Å². The highest BCUT2D eigenvalue weighted by atomic mass is 16.6. The van der Waals surface area contributed by atoms with Gasteiger partial charge in [0.05, 0.1) is 4.92 Å². The highest BCUT2D eigenvalue weighted by Gasteiger charge is 2.13. The minimum absolute atomic E-state index is 0.143. The summed E-state index contributed by atoms with van der Waals surface area (Å²) in [6, 6.07) is 6.95. The van der Waals surface area contributed by atoms with E-state index in [1.54, 1.807) is 18.2 Å². The summed E-state index contributed by atoms with van der Waals surface area (Å²) >= 11 is 0. The SMILES string of the molecule is C=CCNC(CCC)c1cccc([N+](=O)[O-])c1. The summed E-state index contributed by atoms with van der Waals surface area (Å²) in [5.74, 6) is 0. The van der Waals surface area contributed by atoms with Gasteiger partial charge in [-0.05, 0) is 12.0 Å². The van der Waals surface area contributed by atoms with Gasteiger partial charge in [0, 0.05) is 24.7 Å². The summed E-state index contributed by atoms with van der Waals surface area (Å²) in [5, 5.41) is 14.0. The van der Waals surface area contributed by atoms with Crippen LogP contribution in [0.3, 0.4) is 0 Å². The minimum Gasteiger partial charge on any atom is -0.306 e. The monoisotopic (exact) mass is 234 g/mol. The van der Waals surface area contributed by atoms with Crippen LogP contribution in [0.4, 0.5) is 5.69 Å². The number of nitrogens with one attached hydrogen (secondary N) is 1. The first-order chi connectivity index (χ1) is 8.19. The molecule has 1 N–H and O–H groups in total. The number of hydrogen-bond donors (Lipinski definition) is 1. The van der Waals surface area contributed by atoms with Gasteiger partial charge in [-0.2, -0.15) is 0 Å². The molecule has 0 saturated heterocycles. The standard InChI is InChI=1S/C13H18N2O2/c1-3-6-13(14-9-4-2)11-7-5-8-12(10-11)15(16)17/h4-5,7-8,10,13-14H,2-3,6,9H2,1H3. The van der Waals surface area contributed by atoms with Crippen molar-refractivity contribution in [2.45, 2.75) is 25.8 Å². The van der Waals surface area contributed by atoms with Gasteiger partial charge >= 0.3 is 0 Å². The quantitative estimate of drug-likeness (QED) is 0.447. The third kappa shape index (κ3) is 4.00. The second-order valence-electron chi connectivity index (χ2n) is 3.89. The average molecular weight is 234 g/mol. The highest BCUT2D eigenvalue weighted by molar-refractivity contribution is 5.35. The molecule has 0 saturated carbocycles. The lowest BCUT2D eigenvalue weighted by atomic mass is 10.0. The fraction of sp³-hybridized carbons (Fsp3) is 0.385. The van der Waals surface area contributed by atoms with Gasteiger partial charge in [-0.1, -0.05) is 31.6 Å². The van der Waals surface area contributed by atoms with Crippen molar-refractivity contribution in [3.05, 3.63) is 52.6 Å². The van der Waals surface area contributed by atoms with Crippen molar-refractivity contribution in [2.75, 3.05) is 6.54 Å². The Balaban J connectivity index is 2.88. The van der Waals surface area contributed by atoms with Crippen LogP contribution in [0.15, 0.2) is 36.9 Å². The van der Waals surface area contributed by atoms with Crippen molar-refractivity contribution in [1.82, 2.24) is 5.32 Å². The minimum atomic E-state index is -0.361. The van der Waals surface area contributed by atoms with Crippen LogP contribution in [0, 0.1) is 10.1 Å². The summed E-state index contributed by atoms with van der Waals surface area (Å²) in [5.41, 5.74) is 1.10. The lowest BCUT2D eigenvalue weighted by Crippen LogP contribution is -2.21. The first kappa shape index (κ1) is 13.4. The molecule has 0 aliphatic heterocycles. The molecule has 4 heteroatoms. The Morgan fingerprint density at radius 2 is 2.35 bits per heavy atom. The molecule has 0 heterocycles. The molecule has 0 radical (unpaired) electrons. The highest BCUT2D eigenvalue weighted by Crippen LogP contribution is 2.22. The molecule has 1 atom stereocenters. The maximum absolute atomic E-state index is 10.7. The van der Waals surface area contributed by atoms with Crippen LogP contribution in [-0.2, 0) is 0 Å². The van der Waals surface area contributed by atoms with E-state index in [1.165, 1.54) is 6.07 Å². The molecule has 1 aromatic carbocycles. The molecule has 0 amide bonds. The molecule has 4 nitrogen and oxygen atoms in total. The Morgan fingerprint density at radius 1 is 1.59 bits per heavy atom. The Kier molecular flexibility index (Phi) is 5.36. The van der Waals surface area contributed by atoms with Crippen molar-refractivity contribution < 1.29 is 4.92 Å². The van der Waals surface area contributed by atoms with Gasteiger partial charge < -0.3 is 5.32 Å². The van der Waals surface area contributed by atoms with Crippen molar-refractivity contribution in [2.24, 2.45) is 0 Å². The lowest BCUT2D eigenvalue weighted by molar-refractivity contribution is -0.384. The van der Waals surface area contributed by atoms with E-state index in [9.17, 15) is 10.1 Å². The zero-order chi connectivity index (χ0) is 12.7. The maximum atomic E-state index is 10.7. The van der Waals surface area contributed by atoms with Crippen LogP contribution in [0.1, 0.15) is 31.4 Å². The van der Waals surface area contributed by atoms with Crippen LogP contribution < -0.4 is 5.32 Å².